The number of aliphatic hydroxyl groups excluding tert-OH is 1. The third-order valence-corrected chi connectivity index (χ3v) is 8.77. The van der Waals surface area contributed by atoms with E-state index in [9.17, 15) is 4.79 Å². The van der Waals surface area contributed by atoms with Gasteiger partial charge in [0.05, 0.1) is 33.3 Å². The number of methoxy groups -OCH3 is 2. The van der Waals surface area contributed by atoms with E-state index in [-0.39, 0.29) is 24.8 Å². The molecule has 3 heterocycles. The Bertz CT molecular complexity index is 2050. The number of aliphatic hydroxyl groups is 1. The first-order valence-corrected chi connectivity index (χ1v) is 16.7. The Labute approximate surface area is 302 Å². The van der Waals surface area contributed by atoms with Crippen LogP contribution in [0.25, 0.3) is 11.2 Å². The van der Waals surface area contributed by atoms with Crippen LogP contribution in [-0.4, -0.2) is 64.1 Å². The molecule has 0 bridgehead atoms. The summed E-state index contributed by atoms with van der Waals surface area (Å²) in [6.45, 7) is 0.170. The van der Waals surface area contributed by atoms with Crippen molar-refractivity contribution in [3.8, 4) is 23.8 Å². The molecule has 2 aromatic heterocycles. The lowest BCUT2D eigenvalue weighted by atomic mass is 9.80. The summed E-state index contributed by atoms with van der Waals surface area (Å²) < 4.78 is 26.5. The number of rotatable bonds is 11. The second kappa shape index (κ2) is 16.8. The van der Waals surface area contributed by atoms with Gasteiger partial charge in [-0.3, -0.25) is 9.36 Å². The van der Waals surface area contributed by atoms with Crippen LogP contribution in [-0.2, 0) is 15.1 Å². The first kappa shape index (κ1) is 35.8. The van der Waals surface area contributed by atoms with Crippen molar-refractivity contribution in [1.82, 2.24) is 19.5 Å². The van der Waals surface area contributed by atoms with Crippen LogP contribution in [0.3, 0.4) is 0 Å². The van der Waals surface area contributed by atoms with Gasteiger partial charge < -0.3 is 29.4 Å². The second-order valence-electron chi connectivity index (χ2n) is 11.8. The van der Waals surface area contributed by atoms with E-state index in [1.807, 2.05) is 95.4 Å². The van der Waals surface area contributed by atoms with Crippen molar-refractivity contribution in [3.05, 3.63) is 144 Å². The summed E-state index contributed by atoms with van der Waals surface area (Å²) in [4.78, 5) is 26.2. The number of carbonyl (C=O) groups excluding carboxylic acids is 1. The molecule has 0 spiro atoms. The smallest absolute Gasteiger partial charge is 0.256 e. The average molecular weight is 698 g/mol. The van der Waals surface area contributed by atoms with Crippen molar-refractivity contribution in [2.45, 2.75) is 30.8 Å². The molecule has 4 aromatic carbocycles. The topological polar surface area (TPSA) is 130 Å². The molecule has 6 aromatic rings. The Hall–Kier alpha value is -6.06. The van der Waals surface area contributed by atoms with Gasteiger partial charge in [-0.25, -0.2) is 15.0 Å². The Balaban J connectivity index is 0.00000110. The number of aromatic nitrogens is 4. The number of benzene rings is 4. The minimum Gasteiger partial charge on any atom is -0.497 e. The largest absolute Gasteiger partial charge is 0.497 e. The van der Waals surface area contributed by atoms with Crippen LogP contribution in [0.2, 0.25) is 0 Å². The number of nitrogens with one attached hydrogen (secondary N) is 1. The number of imidazole rings is 1. The highest BCUT2D eigenvalue weighted by atomic mass is 16.6. The first-order chi connectivity index (χ1) is 25.5. The van der Waals surface area contributed by atoms with Gasteiger partial charge in [-0.05, 0) is 65.9 Å². The van der Waals surface area contributed by atoms with Gasteiger partial charge in [0.25, 0.3) is 5.91 Å². The monoisotopic (exact) mass is 697 g/mol. The zero-order valence-corrected chi connectivity index (χ0v) is 28.9. The number of terminal acetylenes is 1. The molecule has 1 fully saturated rings. The van der Waals surface area contributed by atoms with Crippen molar-refractivity contribution in [2.75, 3.05) is 32.8 Å². The standard InChI is InChI=1S/C38H35N5O5.C3H4O/c1-45-30-17-13-28(14-18-30)38(27-11-7-4-8-12-27,29-15-19-31(46-2)20-16-29)47-23-32-21-22-33(48-32)43-25-41-34-35(39-24-40-36(34)43)42-37(44)26-9-5-3-6-10-26;1-2-3-4/h3-20,24-25,32-33H,21-23H2,1-2H3,(H,39,40,42,44);1,4H,3H2/t32-,33+;/m0./s1. The number of hydrogen-bond donors (Lipinski definition) is 2. The third-order valence-electron chi connectivity index (χ3n) is 8.77. The summed E-state index contributed by atoms with van der Waals surface area (Å²) in [5, 5.41) is 10.5. The summed E-state index contributed by atoms with van der Waals surface area (Å²) >= 11 is 0. The van der Waals surface area contributed by atoms with Crippen LogP contribution < -0.4 is 14.8 Å². The molecule has 11 heteroatoms. The van der Waals surface area contributed by atoms with Crippen LogP contribution >= 0.6 is 0 Å². The average Bonchev–Trinajstić information content (AvgIpc) is 3.87. The van der Waals surface area contributed by atoms with Crippen molar-refractivity contribution in [2.24, 2.45) is 0 Å². The maximum atomic E-state index is 12.8. The molecular weight excluding hydrogens is 658 g/mol. The Morgan fingerprint density at radius 3 is 2.02 bits per heavy atom. The molecule has 52 heavy (non-hydrogen) atoms. The van der Waals surface area contributed by atoms with Crippen LogP contribution in [0.1, 0.15) is 46.1 Å². The molecule has 1 amide bonds. The summed E-state index contributed by atoms with van der Waals surface area (Å²) in [7, 11) is 3.31. The SMILES string of the molecule is C#CCO.COc1ccc(C(OC[C@@H]2CC[C@H](n3cnc4c(NC(=O)c5ccccc5)ncnc43)O2)(c2ccccc2)c2ccc(OC)cc2)cc1. The van der Waals surface area contributed by atoms with Crippen molar-refractivity contribution >= 4 is 22.9 Å². The number of hydrogen-bond acceptors (Lipinski definition) is 9. The van der Waals surface area contributed by atoms with Gasteiger partial charge in [0.1, 0.15) is 36.3 Å². The van der Waals surface area contributed by atoms with Gasteiger partial charge in [-0.15, -0.1) is 6.42 Å². The van der Waals surface area contributed by atoms with Gasteiger partial charge in [-0.1, -0.05) is 78.7 Å². The van der Waals surface area contributed by atoms with E-state index in [2.05, 4.69) is 38.8 Å². The molecule has 7 rings (SSSR count). The lowest BCUT2D eigenvalue weighted by molar-refractivity contribution is -0.0756. The van der Waals surface area contributed by atoms with Crippen molar-refractivity contribution in [1.29, 1.82) is 0 Å². The molecule has 0 aliphatic carbocycles. The zero-order valence-electron chi connectivity index (χ0n) is 28.9. The number of fused-ring (bicyclic) bond motifs is 1. The molecule has 0 unspecified atom stereocenters. The lowest BCUT2D eigenvalue weighted by Gasteiger charge is -2.37. The summed E-state index contributed by atoms with van der Waals surface area (Å²) in [5.74, 6) is 3.58. The third kappa shape index (κ3) is 7.65. The Morgan fingerprint density at radius 2 is 1.44 bits per heavy atom. The van der Waals surface area contributed by atoms with E-state index in [1.165, 1.54) is 6.33 Å². The highest BCUT2D eigenvalue weighted by molar-refractivity contribution is 6.06. The minimum absolute atomic E-state index is 0.153. The number of anilines is 1. The number of amides is 1. The number of carbonyl (C=O) groups is 1. The summed E-state index contributed by atoms with van der Waals surface area (Å²) in [5.41, 5.74) is 3.55. The van der Waals surface area contributed by atoms with Crippen molar-refractivity contribution < 1.29 is 28.8 Å². The van der Waals surface area contributed by atoms with Gasteiger partial charge in [-0.2, -0.15) is 0 Å². The van der Waals surface area contributed by atoms with Gasteiger partial charge in [0, 0.05) is 5.56 Å². The molecule has 0 saturated carbocycles. The highest BCUT2D eigenvalue weighted by Gasteiger charge is 2.40. The highest BCUT2D eigenvalue weighted by Crippen LogP contribution is 2.43. The van der Waals surface area contributed by atoms with E-state index in [0.29, 0.717) is 29.2 Å². The molecule has 2 N–H and O–H groups in total. The molecule has 11 nitrogen and oxygen atoms in total. The second-order valence-corrected chi connectivity index (χ2v) is 11.8. The van der Waals surface area contributed by atoms with E-state index < -0.39 is 5.60 Å². The van der Waals surface area contributed by atoms with E-state index in [0.717, 1.165) is 41.0 Å². The Kier molecular flexibility index (Phi) is 11.5. The van der Waals surface area contributed by atoms with Crippen molar-refractivity contribution in [3.63, 3.8) is 0 Å². The zero-order chi connectivity index (χ0) is 36.3. The normalized spacial score (nSPS) is 15.3. The summed E-state index contributed by atoms with van der Waals surface area (Å²) in [6.07, 6.45) is 8.63. The van der Waals surface area contributed by atoms with E-state index >= 15 is 0 Å². The Morgan fingerprint density at radius 1 is 0.865 bits per heavy atom. The summed E-state index contributed by atoms with van der Waals surface area (Å²) in [6, 6.07) is 35.1. The molecule has 264 valence electrons. The van der Waals surface area contributed by atoms with Gasteiger partial charge in [0.2, 0.25) is 0 Å². The molecule has 1 aliphatic heterocycles. The quantitative estimate of drug-likeness (QED) is 0.117. The van der Waals surface area contributed by atoms with Gasteiger partial charge in [0.15, 0.2) is 17.0 Å². The predicted molar refractivity (Wildman–Crippen MR) is 197 cm³/mol. The maximum Gasteiger partial charge on any atom is 0.256 e. The molecule has 2 atom stereocenters. The first-order valence-electron chi connectivity index (χ1n) is 16.7. The van der Waals surface area contributed by atoms with Crippen LogP contribution in [0.4, 0.5) is 5.82 Å². The number of nitrogens with zero attached hydrogens (tertiary/aromatic N) is 4. The van der Waals surface area contributed by atoms with E-state index in [1.54, 1.807) is 32.7 Å². The predicted octanol–water partition coefficient (Wildman–Crippen LogP) is 6.39. The molecule has 1 saturated heterocycles. The molecule has 0 radical (unpaired) electrons. The van der Waals surface area contributed by atoms with Crippen LogP contribution in [0, 0.1) is 12.3 Å². The fourth-order valence-corrected chi connectivity index (χ4v) is 6.23. The van der Waals surface area contributed by atoms with E-state index in [4.69, 9.17) is 24.1 Å². The maximum absolute atomic E-state index is 12.8. The fourth-order valence-electron chi connectivity index (χ4n) is 6.23. The minimum atomic E-state index is -0.942. The molecule has 1 aliphatic rings. The number of ether oxygens (including phenoxy) is 4. The lowest BCUT2D eigenvalue weighted by Crippen LogP contribution is -2.35. The van der Waals surface area contributed by atoms with Crippen LogP contribution in [0.5, 0.6) is 11.5 Å². The molecular formula is C41H39N5O6. The fraction of sp³-hybridized carbons (Fsp3) is 0.220. The van der Waals surface area contributed by atoms with Gasteiger partial charge >= 0.3 is 0 Å². The van der Waals surface area contributed by atoms with Crippen LogP contribution in [0.15, 0.2) is 122 Å².